The summed E-state index contributed by atoms with van der Waals surface area (Å²) in [4.78, 5) is 42.4. The predicted octanol–water partition coefficient (Wildman–Crippen LogP) is 8.40. The lowest BCUT2D eigenvalue weighted by molar-refractivity contribution is -0.190. The third-order valence-corrected chi connectivity index (χ3v) is 11.7. The Balaban J connectivity index is 1.33. The second-order valence-corrected chi connectivity index (χ2v) is 15.7. The van der Waals surface area contributed by atoms with Gasteiger partial charge in [-0.05, 0) is 86.4 Å². The molecular weight excluding hydrogens is 693 g/mol. The molecule has 0 saturated heterocycles. The van der Waals surface area contributed by atoms with Gasteiger partial charge < -0.3 is 23.4 Å². The van der Waals surface area contributed by atoms with Gasteiger partial charge in [-0.3, -0.25) is 4.79 Å². The molecule has 5 bridgehead atoms. The second-order valence-electron chi connectivity index (χ2n) is 15.7. The van der Waals surface area contributed by atoms with Gasteiger partial charge >= 0.3 is 17.6 Å². The standard InChI is InChI=1S/C47H46O8/c1-28(2)36-17-13-29-14-18-37-32(24-29)12-8-9-22-47(3)44(54-46(36)50)43(41-39(55-47)20-16-33-26-34(21-23-51-4)45(49)53-42(33)41)52-40(48)27-35-25-31(15-19-38(35)37)30-10-6-5-7-11-30/h5-7,10-11,14-16,18-20,24,26,31,35,38,43-44H,12-13,17,21-23,25,27H2,1-4H3/t31-,35-,38+,43+,44-,47+/m0/s1. The van der Waals surface area contributed by atoms with E-state index in [0.717, 1.165) is 28.7 Å². The maximum Gasteiger partial charge on any atom is 0.339 e. The molecule has 282 valence electrons. The van der Waals surface area contributed by atoms with Gasteiger partial charge in [0.2, 0.25) is 0 Å². The molecule has 8 heteroatoms. The minimum atomic E-state index is -1.23. The fourth-order valence-electron chi connectivity index (χ4n) is 8.78. The minimum absolute atomic E-state index is 0.0483. The Morgan fingerprint density at radius 2 is 1.78 bits per heavy atom. The highest BCUT2D eigenvalue weighted by molar-refractivity contribution is 5.90. The van der Waals surface area contributed by atoms with Crippen LogP contribution in [0.4, 0.5) is 0 Å². The van der Waals surface area contributed by atoms with Crippen LogP contribution in [0.1, 0.15) is 97.8 Å². The summed E-state index contributed by atoms with van der Waals surface area (Å²) < 4.78 is 31.2. The van der Waals surface area contributed by atoms with Gasteiger partial charge in [0.25, 0.3) is 0 Å². The number of methoxy groups -OCH3 is 1. The summed E-state index contributed by atoms with van der Waals surface area (Å²) in [6.45, 7) is 6.00. The topological polar surface area (TPSA) is 101 Å². The number of hydrogen-bond donors (Lipinski definition) is 0. The third kappa shape index (κ3) is 7.14. The van der Waals surface area contributed by atoms with Crippen molar-refractivity contribution < 1.29 is 33.0 Å². The van der Waals surface area contributed by atoms with Crippen molar-refractivity contribution in [3.63, 3.8) is 0 Å². The first-order chi connectivity index (χ1) is 26.6. The highest BCUT2D eigenvalue weighted by Crippen LogP contribution is 2.49. The van der Waals surface area contributed by atoms with Crippen molar-refractivity contribution in [3.05, 3.63) is 134 Å². The molecule has 4 aromatic rings. The first kappa shape index (κ1) is 36.6. The number of carbonyl (C=O) groups excluding carboxylic acids is 2. The Morgan fingerprint density at radius 1 is 0.945 bits per heavy atom. The van der Waals surface area contributed by atoms with Crippen LogP contribution < -0.4 is 10.4 Å². The Bertz CT molecular complexity index is 2340. The Hall–Kier alpha value is -5.39. The van der Waals surface area contributed by atoms with E-state index in [4.69, 9.17) is 23.4 Å². The third-order valence-electron chi connectivity index (χ3n) is 11.7. The first-order valence-corrected chi connectivity index (χ1v) is 19.3. The number of benzene rings is 3. The second kappa shape index (κ2) is 15.0. The Morgan fingerprint density at radius 3 is 2.58 bits per heavy atom. The smallest absolute Gasteiger partial charge is 0.339 e. The molecular formula is C47H46O8. The summed E-state index contributed by atoms with van der Waals surface area (Å²) in [5.41, 5.74) is 5.24. The average molecular weight is 739 g/mol. The molecule has 8 rings (SSSR count). The number of hydrogen-bond acceptors (Lipinski definition) is 8. The summed E-state index contributed by atoms with van der Waals surface area (Å²) in [6.07, 6.45) is 5.27. The highest BCUT2D eigenvalue weighted by atomic mass is 16.6. The van der Waals surface area contributed by atoms with E-state index in [1.54, 1.807) is 19.2 Å². The molecule has 4 aliphatic rings. The van der Waals surface area contributed by atoms with Gasteiger partial charge in [0.05, 0.1) is 18.6 Å². The van der Waals surface area contributed by atoms with E-state index in [0.29, 0.717) is 60.1 Å². The van der Waals surface area contributed by atoms with Gasteiger partial charge in [0, 0.05) is 54.7 Å². The largest absolute Gasteiger partial charge is 0.482 e. The van der Waals surface area contributed by atoms with Crippen LogP contribution >= 0.6 is 0 Å². The quantitative estimate of drug-likeness (QED) is 0.0677. The fourth-order valence-corrected chi connectivity index (χ4v) is 8.78. The van der Waals surface area contributed by atoms with Gasteiger partial charge in [-0.25, -0.2) is 9.59 Å². The zero-order chi connectivity index (χ0) is 38.3. The monoisotopic (exact) mass is 738 g/mol. The molecule has 0 saturated carbocycles. The van der Waals surface area contributed by atoms with Crippen molar-refractivity contribution in [2.75, 3.05) is 13.7 Å². The van der Waals surface area contributed by atoms with E-state index in [9.17, 15) is 14.4 Å². The Kier molecular flexibility index (Phi) is 10.00. The van der Waals surface area contributed by atoms with E-state index in [1.807, 2.05) is 45.0 Å². The van der Waals surface area contributed by atoms with Crippen LogP contribution in [0.3, 0.4) is 0 Å². The van der Waals surface area contributed by atoms with Crippen LogP contribution in [-0.4, -0.2) is 37.4 Å². The van der Waals surface area contributed by atoms with Crippen LogP contribution in [0.25, 0.3) is 11.0 Å². The van der Waals surface area contributed by atoms with E-state index < -0.39 is 35.4 Å². The number of ether oxygens (including phenoxy) is 4. The van der Waals surface area contributed by atoms with E-state index in [2.05, 4.69) is 54.3 Å². The number of allylic oxidation sites excluding steroid dienone is 3. The van der Waals surface area contributed by atoms with Gasteiger partial charge in [-0.1, -0.05) is 78.1 Å². The molecule has 1 aliphatic carbocycles. The molecule has 0 unspecified atom stereocenters. The van der Waals surface area contributed by atoms with Gasteiger partial charge in [0.1, 0.15) is 11.3 Å². The van der Waals surface area contributed by atoms with Crippen LogP contribution in [0.2, 0.25) is 0 Å². The predicted molar refractivity (Wildman–Crippen MR) is 209 cm³/mol. The normalized spacial score (nSPS) is 26.0. The van der Waals surface area contributed by atoms with Crippen LogP contribution in [0, 0.1) is 17.8 Å². The van der Waals surface area contributed by atoms with Crippen LogP contribution in [0.5, 0.6) is 5.75 Å². The molecule has 0 amide bonds. The molecule has 55 heavy (non-hydrogen) atoms. The zero-order valence-corrected chi connectivity index (χ0v) is 31.8. The van der Waals surface area contributed by atoms with Gasteiger partial charge in [-0.15, -0.1) is 0 Å². The molecule has 3 aliphatic heterocycles. The van der Waals surface area contributed by atoms with Crippen molar-refractivity contribution in [2.45, 2.75) is 95.4 Å². The highest BCUT2D eigenvalue weighted by Gasteiger charge is 2.53. The van der Waals surface area contributed by atoms with Crippen molar-refractivity contribution in [2.24, 2.45) is 5.92 Å². The van der Waals surface area contributed by atoms with E-state index in [1.165, 1.54) is 5.56 Å². The molecule has 0 N–H and O–H groups in total. The van der Waals surface area contributed by atoms with Gasteiger partial charge in [-0.2, -0.15) is 0 Å². The first-order valence-electron chi connectivity index (χ1n) is 19.3. The lowest BCUT2D eigenvalue weighted by atomic mass is 9.71. The molecule has 0 radical (unpaired) electrons. The SMILES string of the molecule is COCCc1cc2ccc3c(c2oc1=O)[C@H]1OC(=O)C[C@@H]2C[C@@H](c4ccccc4)C=C[C@H]2c2ccc4cc2CC#CC[C@@](C)(O3)[C@H]1OC(=O)C(=C(C)C)CC4. The summed E-state index contributed by atoms with van der Waals surface area (Å²) in [5, 5.41) is 0.628. The molecule has 4 heterocycles. The molecule has 0 spiro atoms. The van der Waals surface area contributed by atoms with Crippen molar-refractivity contribution in [1.29, 1.82) is 0 Å². The van der Waals surface area contributed by atoms with Crippen LogP contribution in [-0.2, 0) is 43.1 Å². The Labute approximate surface area is 321 Å². The summed E-state index contributed by atoms with van der Waals surface area (Å²) >= 11 is 0. The number of aryl methyl sites for hydroxylation is 1. The fraction of sp³-hybridized carbons (Fsp3) is 0.383. The lowest BCUT2D eigenvalue weighted by Crippen LogP contribution is -2.54. The number of carbonyl (C=O) groups is 2. The lowest BCUT2D eigenvalue weighted by Gasteiger charge is -2.44. The number of esters is 2. The van der Waals surface area contributed by atoms with Crippen LogP contribution in [0.15, 0.2) is 99.2 Å². The van der Waals surface area contributed by atoms with Crippen molar-refractivity contribution >= 4 is 22.9 Å². The maximum atomic E-state index is 14.6. The average Bonchev–Trinajstić information content (AvgIpc) is 3.17. The molecule has 8 nitrogen and oxygen atoms in total. The van der Waals surface area contributed by atoms with E-state index in [-0.39, 0.29) is 36.2 Å². The molecule has 3 aromatic carbocycles. The number of fused-ring (bicyclic) bond motifs is 9. The summed E-state index contributed by atoms with van der Waals surface area (Å²) in [7, 11) is 1.58. The molecule has 6 atom stereocenters. The molecule has 0 fully saturated rings. The number of rotatable bonds is 4. The van der Waals surface area contributed by atoms with Gasteiger partial charge in [0.15, 0.2) is 17.8 Å². The minimum Gasteiger partial charge on any atom is -0.482 e. The summed E-state index contributed by atoms with van der Waals surface area (Å²) in [6, 6.07) is 22.3. The maximum absolute atomic E-state index is 14.6. The van der Waals surface area contributed by atoms with Crippen molar-refractivity contribution in [3.8, 4) is 17.6 Å². The van der Waals surface area contributed by atoms with E-state index >= 15 is 0 Å². The molecule has 1 aromatic heterocycles. The van der Waals surface area contributed by atoms with Crippen molar-refractivity contribution in [1.82, 2.24) is 0 Å². The zero-order valence-electron chi connectivity index (χ0n) is 31.8. The summed E-state index contributed by atoms with van der Waals surface area (Å²) in [5.74, 6) is 6.20.